The zero-order valence-corrected chi connectivity index (χ0v) is 9.44. The van der Waals surface area contributed by atoms with Gasteiger partial charge in [-0.15, -0.1) is 0 Å². The third-order valence-corrected chi connectivity index (χ3v) is 1.32. The summed E-state index contributed by atoms with van der Waals surface area (Å²) >= 11 is 0. The van der Waals surface area contributed by atoms with E-state index >= 15 is 0 Å². The van der Waals surface area contributed by atoms with Crippen LogP contribution in [-0.4, -0.2) is 0 Å². The van der Waals surface area contributed by atoms with Gasteiger partial charge in [0.1, 0.15) is 0 Å². The molecule has 0 spiro atoms. The van der Waals surface area contributed by atoms with E-state index in [4.69, 9.17) is 0 Å². The first kappa shape index (κ1) is 12.0. The summed E-state index contributed by atoms with van der Waals surface area (Å²) in [5, 5.41) is 0. The fraction of sp³-hybridized carbons (Fsp3) is 0.385. The lowest BCUT2D eigenvalue weighted by atomic mass is 10.1. The van der Waals surface area contributed by atoms with Crippen LogP contribution in [0, 0.1) is 0 Å². The summed E-state index contributed by atoms with van der Waals surface area (Å²) in [6.45, 7) is 14.3. The topological polar surface area (TPSA) is 0 Å². The second-order valence-corrected chi connectivity index (χ2v) is 3.93. The van der Waals surface area contributed by atoms with E-state index in [1.807, 2.05) is 6.92 Å². The summed E-state index contributed by atoms with van der Waals surface area (Å²) in [5.74, 6) is 0. The lowest BCUT2D eigenvalue weighted by Crippen LogP contribution is -1.77. The Morgan fingerprint density at radius 2 is 1.15 bits per heavy atom. The van der Waals surface area contributed by atoms with Gasteiger partial charge in [-0.25, -0.2) is 0 Å². The molecule has 0 heterocycles. The standard InChI is InChI=1S/C13H20/c1-10(2)7-13(8-11(3)4)9-12(5)6/h7-9H,1H2,2-6H3. The SMILES string of the molecule is C=C(C)C=C(C=C(C)C)C=C(C)C. The van der Waals surface area contributed by atoms with E-state index in [1.165, 1.54) is 16.7 Å². The van der Waals surface area contributed by atoms with Crippen LogP contribution in [0.1, 0.15) is 34.6 Å². The number of allylic oxidation sites excluding steroid dienone is 7. The first-order valence-corrected chi connectivity index (χ1v) is 4.59. The van der Waals surface area contributed by atoms with Gasteiger partial charge in [-0.05, 0) is 40.2 Å². The molecule has 0 aromatic rings. The van der Waals surface area contributed by atoms with E-state index in [2.05, 4.69) is 52.5 Å². The van der Waals surface area contributed by atoms with Gasteiger partial charge in [0.2, 0.25) is 0 Å². The fourth-order valence-corrected chi connectivity index (χ4v) is 1.08. The maximum atomic E-state index is 3.87. The van der Waals surface area contributed by atoms with Gasteiger partial charge in [0.15, 0.2) is 0 Å². The van der Waals surface area contributed by atoms with Gasteiger partial charge in [-0.2, -0.15) is 0 Å². The van der Waals surface area contributed by atoms with Crippen molar-refractivity contribution in [1.82, 2.24) is 0 Å². The van der Waals surface area contributed by atoms with Gasteiger partial charge < -0.3 is 0 Å². The van der Waals surface area contributed by atoms with Gasteiger partial charge in [0, 0.05) is 0 Å². The Morgan fingerprint density at radius 3 is 1.38 bits per heavy atom. The molecule has 0 amide bonds. The van der Waals surface area contributed by atoms with Crippen LogP contribution < -0.4 is 0 Å². The minimum atomic E-state index is 1.09. The van der Waals surface area contributed by atoms with Crippen molar-refractivity contribution >= 4 is 0 Å². The average Bonchev–Trinajstić information content (AvgIpc) is 1.80. The maximum Gasteiger partial charge on any atom is -0.0256 e. The quantitative estimate of drug-likeness (QED) is 0.558. The molecule has 0 heteroatoms. The second-order valence-electron chi connectivity index (χ2n) is 3.93. The minimum absolute atomic E-state index is 1.09. The number of hydrogen-bond donors (Lipinski definition) is 0. The lowest BCUT2D eigenvalue weighted by molar-refractivity contribution is 1.33. The Morgan fingerprint density at radius 1 is 0.769 bits per heavy atom. The van der Waals surface area contributed by atoms with E-state index in [0.29, 0.717) is 0 Å². The van der Waals surface area contributed by atoms with Crippen LogP contribution in [0.3, 0.4) is 0 Å². The van der Waals surface area contributed by atoms with Crippen molar-refractivity contribution in [2.24, 2.45) is 0 Å². The van der Waals surface area contributed by atoms with Crippen molar-refractivity contribution in [3.63, 3.8) is 0 Å². The fourth-order valence-electron chi connectivity index (χ4n) is 1.08. The smallest absolute Gasteiger partial charge is 0.0256 e. The lowest BCUT2D eigenvalue weighted by Gasteiger charge is -1.98. The summed E-state index contributed by atoms with van der Waals surface area (Å²) in [7, 11) is 0. The molecule has 0 aliphatic heterocycles. The van der Waals surface area contributed by atoms with E-state index in [1.54, 1.807) is 0 Å². The molecule has 0 aromatic heterocycles. The van der Waals surface area contributed by atoms with E-state index in [0.717, 1.165) is 5.57 Å². The van der Waals surface area contributed by atoms with Gasteiger partial charge in [0.05, 0.1) is 0 Å². The predicted molar refractivity (Wildman–Crippen MR) is 61.8 cm³/mol. The zero-order valence-electron chi connectivity index (χ0n) is 9.44. The van der Waals surface area contributed by atoms with Crippen molar-refractivity contribution in [2.75, 3.05) is 0 Å². The molecule has 13 heavy (non-hydrogen) atoms. The Labute approximate surface area is 82.4 Å². The normalized spacial score (nSPS) is 8.69. The Kier molecular flexibility index (Phi) is 5.13. The van der Waals surface area contributed by atoms with Crippen LogP contribution in [0.4, 0.5) is 0 Å². The van der Waals surface area contributed by atoms with E-state index in [9.17, 15) is 0 Å². The molecule has 0 saturated heterocycles. The molecule has 0 saturated carbocycles. The van der Waals surface area contributed by atoms with Crippen LogP contribution >= 0.6 is 0 Å². The third kappa shape index (κ3) is 7.32. The first-order valence-electron chi connectivity index (χ1n) is 4.59. The predicted octanol–water partition coefficient (Wildman–Crippen LogP) is 4.42. The van der Waals surface area contributed by atoms with Crippen molar-refractivity contribution in [1.29, 1.82) is 0 Å². The average molecular weight is 176 g/mol. The molecule has 0 radical (unpaired) electrons. The summed E-state index contributed by atoms with van der Waals surface area (Å²) in [6, 6.07) is 0. The monoisotopic (exact) mass is 176 g/mol. The van der Waals surface area contributed by atoms with Gasteiger partial charge in [-0.3, -0.25) is 0 Å². The second kappa shape index (κ2) is 5.58. The molecule has 0 aliphatic rings. The molecule has 72 valence electrons. The highest BCUT2D eigenvalue weighted by Crippen LogP contribution is 2.09. The Hall–Kier alpha value is -1.04. The molecule has 0 aliphatic carbocycles. The van der Waals surface area contributed by atoms with Crippen molar-refractivity contribution in [2.45, 2.75) is 34.6 Å². The molecular formula is C13H20. The van der Waals surface area contributed by atoms with Crippen molar-refractivity contribution in [3.8, 4) is 0 Å². The molecule has 0 unspecified atom stereocenters. The number of rotatable bonds is 3. The molecule has 0 bridgehead atoms. The molecule has 0 atom stereocenters. The first-order chi connectivity index (χ1) is 5.91. The van der Waals surface area contributed by atoms with E-state index < -0.39 is 0 Å². The van der Waals surface area contributed by atoms with Gasteiger partial charge >= 0.3 is 0 Å². The molecule has 0 N–H and O–H groups in total. The molecule has 0 fully saturated rings. The maximum absolute atomic E-state index is 3.87. The Bertz CT molecular complexity index is 244. The summed E-state index contributed by atoms with van der Waals surface area (Å²) < 4.78 is 0. The van der Waals surface area contributed by atoms with Crippen LogP contribution in [0.15, 0.2) is 47.1 Å². The molecule has 0 aromatic carbocycles. The zero-order chi connectivity index (χ0) is 10.4. The number of hydrogen-bond acceptors (Lipinski definition) is 0. The highest BCUT2D eigenvalue weighted by atomic mass is 13.9. The van der Waals surface area contributed by atoms with Crippen LogP contribution in [0.5, 0.6) is 0 Å². The van der Waals surface area contributed by atoms with Crippen LogP contribution in [0.2, 0.25) is 0 Å². The molecular weight excluding hydrogens is 156 g/mol. The van der Waals surface area contributed by atoms with Crippen molar-refractivity contribution in [3.05, 3.63) is 47.1 Å². The van der Waals surface area contributed by atoms with Crippen LogP contribution in [-0.2, 0) is 0 Å². The van der Waals surface area contributed by atoms with Gasteiger partial charge in [-0.1, -0.05) is 41.5 Å². The largest absolute Gasteiger partial charge is 0.0961 e. The van der Waals surface area contributed by atoms with E-state index in [-0.39, 0.29) is 0 Å². The highest BCUT2D eigenvalue weighted by Gasteiger charge is 1.89. The van der Waals surface area contributed by atoms with Crippen LogP contribution in [0.25, 0.3) is 0 Å². The highest BCUT2D eigenvalue weighted by molar-refractivity contribution is 5.38. The molecule has 0 rings (SSSR count). The Balaban J connectivity index is 4.88. The summed E-state index contributed by atoms with van der Waals surface area (Å²) in [5.41, 5.74) is 4.94. The van der Waals surface area contributed by atoms with Crippen molar-refractivity contribution < 1.29 is 0 Å². The molecule has 0 nitrogen and oxygen atoms in total. The van der Waals surface area contributed by atoms with Gasteiger partial charge in [0.25, 0.3) is 0 Å². The minimum Gasteiger partial charge on any atom is -0.0961 e. The summed E-state index contributed by atoms with van der Waals surface area (Å²) in [6.07, 6.45) is 6.43. The third-order valence-electron chi connectivity index (χ3n) is 1.32. The summed E-state index contributed by atoms with van der Waals surface area (Å²) in [4.78, 5) is 0.